The van der Waals surface area contributed by atoms with Gasteiger partial charge in [0.05, 0.1) is 0 Å². The van der Waals surface area contributed by atoms with Gasteiger partial charge in [-0.3, -0.25) is 0 Å². The summed E-state index contributed by atoms with van der Waals surface area (Å²) in [6, 6.07) is 10.1. The molecule has 2 atom stereocenters. The molecular weight excluding hydrogens is 218 g/mol. The number of benzene rings is 1. The van der Waals surface area contributed by atoms with E-state index in [2.05, 4.69) is 78.0 Å². The third-order valence-electron chi connectivity index (χ3n) is 3.65. The second-order valence-electron chi connectivity index (χ2n) is 6.77. The molecule has 0 radical (unpaired) electrons. The fourth-order valence-corrected chi connectivity index (χ4v) is 2.25. The van der Waals surface area contributed by atoms with Gasteiger partial charge in [0.25, 0.3) is 0 Å². The standard InChI is InChI=1S/C17H29N/c1-12(2)18-14(4)13(3)15-8-10-16(11-9-15)17(5,6)7/h8-14,18H,1-7H3. The summed E-state index contributed by atoms with van der Waals surface area (Å²) < 4.78 is 0. The van der Waals surface area contributed by atoms with Gasteiger partial charge in [0.2, 0.25) is 0 Å². The highest BCUT2D eigenvalue weighted by molar-refractivity contribution is 5.29. The average molecular weight is 247 g/mol. The lowest BCUT2D eigenvalue weighted by molar-refractivity contribution is 0.439. The molecule has 1 nitrogen and oxygen atoms in total. The second kappa shape index (κ2) is 5.88. The largest absolute Gasteiger partial charge is 0.311 e. The minimum Gasteiger partial charge on any atom is -0.311 e. The SMILES string of the molecule is CC(C)NC(C)C(C)c1ccc(C(C)(C)C)cc1. The minimum absolute atomic E-state index is 0.240. The molecule has 0 heterocycles. The maximum absolute atomic E-state index is 3.59. The number of hydrogen-bond donors (Lipinski definition) is 1. The zero-order valence-electron chi connectivity index (χ0n) is 13.0. The minimum atomic E-state index is 0.240. The van der Waals surface area contributed by atoms with Crippen molar-refractivity contribution in [2.24, 2.45) is 0 Å². The molecular formula is C17H29N. The normalized spacial score (nSPS) is 15.8. The number of rotatable bonds is 4. The van der Waals surface area contributed by atoms with E-state index in [9.17, 15) is 0 Å². The molecule has 0 fully saturated rings. The summed E-state index contributed by atoms with van der Waals surface area (Å²) in [5.74, 6) is 0.543. The van der Waals surface area contributed by atoms with Crippen molar-refractivity contribution in [1.82, 2.24) is 5.32 Å². The summed E-state index contributed by atoms with van der Waals surface area (Å²) >= 11 is 0. The van der Waals surface area contributed by atoms with Crippen molar-refractivity contribution in [3.05, 3.63) is 35.4 Å². The van der Waals surface area contributed by atoms with E-state index in [1.807, 2.05) is 0 Å². The van der Waals surface area contributed by atoms with E-state index in [4.69, 9.17) is 0 Å². The van der Waals surface area contributed by atoms with E-state index >= 15 is 0 Å². The molecule has 102 valence electrons. The lowest BCUT2D eigenvalue weighted by Crippen LogP contribution is -2.36. The van der Waals surface area contributed by atoms with Gasteiger partial charge in [0.15, 0.2) is 0 Å². The summed E-state index contributed by atoms with van der Waals surface area (Å²) in [5, 5.41) is 3.59. The molecule has 0 aromatic heterocycles. The van der Waals surface area contributed by atoms with E-state index in [1.54, 1.807) is 0 Å². The highest BCUT2D eigenvalue weighted by atomic mass is 14.9. The van der Waals surface area contributed by atoms with E-state index in [-0.39, 0.29) is 5.41 Å². The number of nitrogens with one attached hydrogen (secondary N) is 1. The van der Waals surface area contributed by atoms with Gasteiger partial charge in [-0.2, -0.15) is 0 Å². The van der Waals surface area contributed by atoms with Crippen LogP contribution in [0.25, 0.3) is 0 Å². The van der Waals surface area contributed by atoms with E-state index in [0.717, 1.165) is 0 Å². The molecule has 1 aromatic carbocycles. The molecule has 0 saturated carbocycles. The van der Waals surface area contributed by atoms with Gasteiger partial charge in [0.1, 0.15) is 0 Å². The zero-order chi connectivity index (χ0) is 13.9. The van der Waals surface area contributed by atoms with Gasteiger partial charge in [-0.25, -0.2) is 0 Å². The Labute approximate surface area is 113 Å². The van der Waals surface area contributed by atoms with Crippen molar-refractivity contribution in [1.29, 1.82) is 0 Å². The van der Waals surface area contributed by atoms with E-state index in [0.29, 0.717) is 18.0 Å². The molecule has 0 amide bonds. The van der Waals surface area contributed by atoms with Crippen LogP contribution in [0.15, 0.2) is 24.3 Å². The Morgan fingerprint density at radius 3 is 1.78 bits per heavy atom. The van der Waals surface area contributed by atoms with Crippen molar-refractivity contribution in [2.75, 3.05) is 0 Å². The maximum Gasteiger partial charge on any atom is 0.0107 e. The number of hydrogen-bond acceptors (Lipinski definition) is 1. The van der Waals surface area contributed by atoms with Crippen molar-refractivity contribution >= 4 is 0 Å². The molecule has 18 heavy (non-hydrogen) atoms. The molecule has 1 rings (SSSR count). The molecule has 0 aliphatic heterocycles. The van der Waals surface area contributed by atoms with Crippen LogP contribution in [0.5, 0.6) is 0 Å². The Hall–Kier alpha value is -0.820. The van der Waals surface area contributed by atoms with Gasteiger partial charge in [-0.15, -0.1) is 0 Å². The first-order valence-electron chi connectivity index (χ1n) is 7.08. The molecule has 2 unspecified atom stereocenters. The second-order valence-corrected chi connectivity index (χ2v) is 6.77. The fraction of sp³-hybridized carbons (Fsp3) is 0.647. The van der Waals surface area contributed by atoms with Gasteiger partial charge in [0, 0.05) is 12.1 Å². The summed E-state index contributed by atoms with van der Waals surface area (Å²) in [7, 11) is 0. The fourth-order valence-electron chi connectivity index (χ4n) is 2.25. The van der Waals surface area contributed by atoms with Crippen LogP contribution in [0.3, 0.4) is 0 Å². The topological polar surface area (TPSA) is 12.0 Å². The van der Waals surface area contributed by atoms with Crippen LogP contribution in [0, 0.1) is 0 Å². The van der Waals surface area contributed by atoms with Gasteiger partial charge >= 0.3 is 0 Å². The maximum atomic E-state index is 3.59. The molecule has 0 bridgehead atoms. The van der Waals surface area contributed by atoms with Crippen molar-refractivity contribution in [3.63, 3.8) is 0 Å². The zero-order valence-corrected chi connectivity index (χ0v) is 13.0. The van der Waals surface area contributed by atoms with Crippen LogP contribution < -0.4 is 5.32 Å². The first-order valence-corrected chi connectivity index (χ1v) is 7.08. The molecule has 0 aliphatic rings. The quantitative estimate of drug-likeness (QED) is 0.827. The monoisotopic (exact) mass is 247 g/mol. The van der Waals surface area contributed by atoms with Crippen molar-refractivity contribution in [2.45, 2.75) is 71.9 Å². The Morgan fingerprint density at radius 1 is 0.889 bits per heavy atom. The molecule has 0 spiro atoms. The van der Waals surface area contributed by atoms with Crippen molar-refractivity contribution in [3.8, 4) is 0 Å². The lowest BCUT2D eigenvalue weighted by atomic mass is 9.85. The van der Waals surface area contributed by atoms with Gasteiger partial charge < -0.3 is 5.32 Å². The van der Waals surface area contributed by atoms with Crippen LogP contribution in [0.1, 0.15) is 65.5 Å². The Morgan fingerprint density at radius 2 is 1.39 bits per heavy atom. The van der Waals surface area contributed by atoms with Crippen LogP contribution in [0.4, 0.5) is 0 Å². The van der Waals surface area contributed by atoms with Crippen LogP contribution in [0.2, 0.25) is 0 Å². The van der Waals surface area contributed by atoms with Crippen LogP contribution in [-0.4, -0.2) is 12.1 Å². The van der Waals surface area contributed by atoms with Crippen LogP contribution in [-0.2, 0) is 5.41 Å². The highest BCUT2D eigenvalue weighted by Crippen LogP contribution is 2.25. The third kappa shape index (κ3) is 4.13. The summed E-state index contributed by atoms with van der Waals surface area (Å²) in [5.41, 5.74) is 3.07. The Bertz CT molecular complexity index is 356. The molecule has 1 aromatic rings. The Balaban J connectivity index is 2.79. The average Bonchev–Trinajstić information content (AvgIpc) is 2.26. The summed E-state index contributed by atoms with van der Waals surface area (Å²) in [6.45, 7) is 15.7. The predicted molar refractivity (Wildman–Crippen MR) is 81.3 cm³/mol. The van der Waals surface area contributed by atoms with Gasteiger partial charge in [-0.1, -0.05) is 65.8 Å². The molecule has 0 aliphatic carbocycles. The molecule has 1 heteroatoms. The smallest absolute Gasteiger partial charge is 0.0107 e. The van der Waals surface area contributed by atoms with Crippen LogP contribution >= 0.6 is 0 Å². The first kappa shape index (κ1) is 15.2. The van der Waals surface area contributed by atoms with Gasteiger partial charge in [-0.05, 0) is 29.4 Å². The van der Waals surface area contributed by atoms with Crippen molar-refractivity contribution < 1.29 is 0 Å². The highest BCUT2D eigenvalue weighted by Gasteiger charge is 2.17. The third-order valence-corrected chi connectivity index (χ3v) is 3.65. The lowest BCUT2D eigenvalue weighted by Gasteiger charge is -2.25. The summed E-state index contributed by atoms with van der Waals surface area (Å²) in [6.07, 6.45) is 0. The summed E-state index contributed by atoms with van der Waals surface area (Å²) in [4.78, 5) is 0. The van der Waals surface area contributed by atoms with E-state index < -0.39 is 0 Å². The molecule has 1 N–H and O–H groups in total. The predicted octanol–water partition coefficient (Wildman–Crippen LogP) is 4.47. The first-order chi connectivity index (χ1) is 8.21. The Kier molecular flexibility index (Phi) is 4.98. The van der Waals surface area contributed by atoms with E-state index in [1.165, 1.54) is 11.1 Å². The molecule has 0 saturated heterocycles.